The number of thioether (sulfide) groups is 1. The first kappa shape index (κ1) is 23.1. The lowest BCUT2D eigenvalue weighted by molar-refractivity contribution is -0.117. The number of nitrogens with one attached hydrogen (secondary N) is 2. The van der Waals surface area contributed by atoms with Crippen molar-refractivity contribution in [2.45, 2.75) is 56.3 Å². The zero-order valence-corrected chi connectivity index (χ0v) is 19.8. The van der Waals surface area contributed by atoms with Gasteiger partial charge in [0, 0.05) is 31.1 Å². The summed E-state index contributed by atoms with van der Waals surface area (Å²) in [7, 11) is 0. The number of imide groups is 1. The molecule has 0 bridgehead atoms. The van der Waals surface area contributed by atoms with Gasteiger partial charge in [-0.1, -0.05) is 17.8 Å². The van der Waals surface area contributed by atoms with Crippen LogP contribution in [0.3, 0.4) is 0 Å². The largest absolute Gasteiger partial charge is 0.376 e. The molecule has 2 N–H and O–H groups in total. The predicted octanol–water partition coefficient (Wildman–Crippen LogP) is 2.67. The zero-order valence-electron chi connectivity index (χ0n) is 18.1. The molecule has 0 saturated carbocycles. The van der Waals surface area contributed by atoms with E-state index in [9.17, 15) is 9.59 Å². The van der Waals surface area contributed by atoms with Crippen LogP contribution in [-0.4, -0.2) is 64.8 Å². The smallest absolute Gasteiger partial charge is 0.321 e. The van der Waals surface area contributed by atoms with E-state index in [0.717, 1.165) is 57.7 Å². The topological polar surface area (TPSA) is 101 Å². The lowest BCUT2D eigenvalue weighted by Gasteiger charge is -2.28. The molecular formula is C21H30N6O3S2. The van der Waals surface area contributed by atoms with Crippen LogP contribution in [0.2, 0.25) is 0 Å². The first-order chi connectivity index (χ1) is 15.7. The number of piperidine rings is 1. The quantitative estimate of drug-likeness (QED) is 0.534. The monoisotopic (exact) mass is 478 g/mol. The summed E-state index contributed by atoms with van der Waals surface area (Å²) in [5.41, 5.74) is 0. The fourth-order valence-corrected chi connectivity index (χ4v) is 5.41. The van der Waals surface area contributed by atoms with Gasteiger partial charge in [-0.15, -0.1) is 21.5 Å². The Kier molecular flexibility index (Phi) is 8.41. The minimum absolute atomic E-state index is 0.0992. The average Bonchev–Trinajstić information content (AvgIpc) is 3.56. The molecule has 1 unspecified atom stereocenters. The van der Waals surface area contributed by atoms with Crippen molar-refractivity contribution in [2.75, 3.05) is 36.9 Å². The molecule has 4 heterocycles. The first-order valence-electron chi connectivity index (χ1n) is 11.2. The van der Waals surface area contributed by atoms with E-state index in [1.165, 1.54) is 23.1 Å². The molecular weight excluding hydrogens is 448 g/mol. The molecule has 2 saturated heterocycles. The molecule has 3 amide bonds. The molecule has 2 aliphatic heterocycles. The molecule has 2 aliphatic rings. The van der Waals surface area contributed by atoms with E-state index >= 15 is 0 Å². The van der Waals surface area contributed by atoms with Gasteiger partial charge in [-0.2, -0.15) is 0 Å². The Balaban J connectivity index is 1.29. The Hall–Kier alpha value is -2.11. The van der Waals surface area contributed by atoms with Crippen molar-refractivity contribution in [3.05, 3.63) is 22.4 Å². The van der Waals surface area contributed by atoms with E-state index < -0.39 is 6.03 Å². The first-order valence-corrected chi connectivity index (χ1v) is 13.1. The second-order valence-corrected chi connectivity index (χ2v) is 9.97. The van der Waals surface area contributed by atoms with Crippen LogP contribution in [0.4, 0.5) is 10.7 Å². The molecule has 0 spiro atoms. The summed E-state index contributed by atoms with van der Waals surface area (Å²) in [6.07, 6.45) is 6.54. The van der Waals surface area contributed by atoms with E-state index in [1.807, 2.05) is 17.5 Å². The van der Waals surface area contributed by atoms with Crippen molar-refractivity contribution in [3.8, 4) is 0 Å². The molecule has 174 valence electrons. The maximum atomic E-state index is 12.3. The van der Waals surface area contributed by atoms with Gasteiger partial charge >= 0.3 is 6.03 Å². The van der Waals surface area contributed by atoms with Crippen molar-refractivity contribution in [1.82, 2.24) is 25.4 Å². The normalized spacial score (nSPS) is 18.6. The highest BCUT2D eigenvalue weighted by Crippen LogP contribution is 2.26. The molecule has 4 rings (SSSR count). The second-order valence-electron chi connectivity index (χ2n) is 8.00. The molecule has 9 nitrogen and oxygen atoms in total. The third kappa shape index (κ3) is 6.46. The number of hydrogen-bond acceptors (Lipinski definition) is 8. The van der Waals surface area contributed by atoms with Crippen molar-refractivity contribution in [1.29, 1.82) is 0 Å². The Morgan fingerprint density at radius 2 is 2.09 bits per heavy atom. The number of amides is 3. The van der Waals surface area contributed by atoms with Gasteiger partial charge in [0.15, 0.2) is 5.16 Å². The number of ether oxygens (including phenoxy) is 1. The molecule has 32 heavy (non-hydrogen) atoms. The summed E-state index contributed by atoms with van der Waals surface area (Å²) in [4.78, 5) is 27.8. The fourth-order valence-electron chi connectivity index (χ4n) is 3.96. The van der Waals surface area contributed by atoms with Gasteiger partial charge in [-0.3, -0.25) is 14.7 Å². The number of anilines is 1. The highest BCUT2D eigenvalue weighted by Gasteiger charge is 2.25. The summed E-state index contributed by atoms with van der Waals surface area (Å²) in [6, 6.07) is 3.54. The minimum Gasteiger partial charge on any atom is -0.376 e. The number of hydrogen-bond donors (Lipinski definition) is 2. The number of nitrogens with zero attached hydrogens (tertiary/aromatic N) is 4. The summed E-state index contributed by atoms with van der Waals surface area (Å²) in [5, 5.41) is 16.6. The SMILES string of the molecule is O=C(CSc1nnc(N2CCCCC2)n1CC1CCCO1)NC(=O)NCCc1cccs1. The number of aromatic nitrogens is 3. The van der Waals surface area contributed by atoms with E-state index in [2.05, 4.69) is 30.3 Å². The van der Waals surface area contributed by atoms with Crippen LogP contribution in [-0.2, 0) is 22.5 Å². The highest BCUT2D eigenvalue weighted by atomic mass is 32.2. The third-order valence-corrected chi connectivity index (χ3v) is 7.47. The van der Waals surface area contributed by atoms with Gasteiger partial charge in [0.25, 0.3) is 0 Å². The summed E-state index contributed by atoms with van der Waals surface area (Å²) in [5.74, 6) is 0.603. The molecule has 2 aromatic rings. The molecule has 2 aromatic heterocycles. The lowest BCUT2D eigenvalue weighted by atomic mass is 10.1. The maximum absolute atomic E-state index is 12.3. The van der Waals surface area contributed by atoms with Gasteiger partial charge in [-0.05, 0) is 50.0 Å². The standard InChI is InChI=1S/C21H30N6O3S2/c28-18(23-19(29)22-9-8-17-7-5-13-31-17)15-32-21-25-24-20(26-10-2-1-3-11-26)27(21)14-16-6-4-12-30-16/h5,7,13,16H,1-4,6,8-12,14-15H2,(H2,22,23,28,29). The van der Waals surface area contributed by atoms with Gasteiger partial charge in [-0.25, -0.2) is 4.79 Å². The Labute approximate surface area is 196 Å². The van der Waals surface area contributed by atoms with Crippen LogP contribution in [0.15, 0.2) is 22.7 Å². The number of thiophene rings is 1. The highest BCUT2D eigenvalue weighted by molar-refractivity contribution is 7.99. The zero-order chi connectivity index (χ0) is 22.2. The Bertz CT molecular complexity index is 876. The van der Waals surface area contributed by atoms with E-state index in [1.54, 1.807) is 11.3 Å². The van der Waals surface area contributed by atoms with E-state index in [-0.39, 0.29) is 17.8 Å². The van der Waals surface area contributed by atoms with Crippen molar-refractivity contribution in [3.63, 3.8) is 0 Å². The molecule has 2 fully saturated rings. The van der Waals surface area contributed by atoms with Crippen LogP contribution in [0.25, 0.3) is 0 Å². The fraction of sp³-hybridized carbons (Fsp3) is 0.619. The van der Waals surface area contributed by atoms with Gasteiger partial charge in [0.1, 0.15) is 0 Å². The number of carbonyl (C=O) groups excluding carboxylic acids is 2. The maximum Gasteiger partial charge on any atom is 0.321 e. The van der Waals surface area contributed by atoms with E-state index in [0.29, 0.717) is 18.2 Å². The van der Waals surface area contributed by atoms with Gasteiger partial charge in [0.05, 0.1) is 18.4 Å². The van der Waals surface area contributed by atoms with Crippen LogP contribution in [0.5, 0.6) is 0 Å². The Morgan fingerprint density at radius 1 is 1.22 bits per heavy atom. The second kappa shape index (κ2) is 11.7. The van der Waals surface area contributed by atoms with Gasteiger partial charge in [0.2, 0.25) is 11.9 Å². The van der Waals surface area contributed by atoms with E-state index in [4.69, 9.17) is 4.74 Å². The van der Waals surface area contributed by atoms with Crippen molar-refractivity contribution < 1.29 is 14.3 Å². The van der Waals surface area contributed by atoms with Crippen LogP contribution in [0.1, 0.15) is 37.0 Å². The Morgan fingerprint density at radius 3 is 2.84 bits per heavy atom. The minimum atomic E-state index is -0.470. The number of carbonyl (C=O) groups is 2. The molecule has 0 aromatic carbocycles. The molecule has 0 radical (unpaired) electrons. The van der Waals surface area contributed by atoms with Crippen LogP contribution in [0, 0.1) is 0 Å². The summed E-state index contributed by atoms with van der Waals surface area (Å²) < 4.78 is 7.91. The third-order valence-electron chi connectivity index (χ3n) is 5.57. The average molecular weight is 479 g/mol. The molecule has 1 atom stereocenters. The molecule has 0 aliphatic carbocycles. The van der Waals surface area contributed by atoms with Crippen molar-refractivity contribution in [2.24, 2.45) is 0 Å². The summed E-state index contributed by atoms with van der Waals surface area (Å²) in [6.45, 7) is 3.91. The van der Waals surface area contributed by atoms with Gasteiger partial charge < -0.3 is 15.0 Å². The molecule has 11 heteroatoms. The summed E-state index contributed by atoms with van der Waals surface area (Å²) >= 11 is 2.95. The van der Waals surface area contributed by atoms with Crippen LogP contribution < -0.4 is 15.5 Å². The van der Waals surface area contributed by atoms with Crippen molar-refractivity contribution >= 4 is 41.0 Å². The van der Waals surface area contributed by atoms with Crippen LogP contribution >= 0.6 is 23.1 Å². The predicted molar refractivity (Wildman–Crippen MR) is 125 cm³/mol. The lowest BCUT2D eigenvalue weighted by Crippen LogP contribution is -2.41. The number of rotatable bonds is 9. The number of urea groups is 1.